The molecule has 0 saturated carbocycles. The van der Waals surface area contributed by atoms with Crippen molar-refractivity contribution >= 4 is 33.4 Å². The topological polar surface area (TPSA) is 105 Å². The van der Waals surface area contributed by atoms with Crippen LogP contribution in [0.2, 0.25) is 0 Å². The number of hydrogen-bond donors (Lipinski definition) is 1. The molecule has 2 aromatic carbocycles. The van der Waals surface area contributed by atoms with E-state index in [0.29, 0.717) is 11.5 Å². The molecule has 0 unspecified atom stereocenters. The summed E-state index contributed by atoms with van der Waals surface area (Å²) in [5.41, 5.74) is 2.28. The van der Waals surface area contributed by atoms with Gasteiger partial charge in [0.05, 0.1) is 17.1 Å². The molecule has 8 nitrogen and oxygen atoms in total. The Balaban J connectivity index is 1.83. The minimum Gasteiger partial charge on any atom is -0.338 e. The molecule has 1 heterocycles. The predicted octanol–water partition coefficient (Wildman–Crippen LogP) is 4.18. The summed E-state index contributed by atoms with van der Waals surface area (Å²) in [6, 6.07) is 12.3. The van der Waals surface area contributed by atoms with Crippen molar-refractivity contribution in [2.45, 2.75) is 37.1 Å². The number of rotatable bonds is 8. The number of carbonyl (C=O) groups is 1. The van der Waals surface area contributed by atoms with Gasteiger partial charge in [0.2, 0.25) is 27.6 Å². The average Bonchev–Trinajstić information content (AvgIpc) is 3.22. The van der Waals surface area contributed by atoms with Gasteiger partial charge >= 0.3 is 0 Å². The van der Waals surface area contributed by atoms with Crippen molar-refractivity contribution in [3.63, 3.8) is 0 Å². The summed E-state index contributed by atoms with van der Waals surface area (Å²) in [5, 5.41) is 6.79. The van der Waals surface area contributed by atoms with Gasteiger partial charge in [-0.05, 0) is 36.9 Å². The fourth-order valence-electron chi connectivity index (χ4n) is 2.93. The van der Waals surface area contributed by atoms with Gasteiger partial charge in [-0.15, -0.1) is 11.8 Å². The van der Waals surface area contributed by atoms with Crippen molar-refractivity contribution in [3.8, 4) is 11.4 Å². The second-order valence-electron chi connectivity index (χ2n) is 7.59. The summed E-state index contributed by atoms with van der Waals surface area (Å²) in [7, 11) is -2.41. The molecule has 3 aromatic rings. The average molecular weight is 475 g/mol. The van der Waals surface area contributed by atoms with Crippen LogP contribution in [0.3, 0.4) is 0 Å². The normalized spacial score (nSPS) is 11.8. The molecule has 3 rings (SSSR count). The monoisotopic (exact) mass is 474 g/mol. The Bertz CT molecular complexity index is 1220. The van der Waals surface area contributed by atoms with Gasteiger partial charge in [0.15, 0.2) is 0 Å². The van der Waals surface area contributed by atoms with E-state index in [9.17, 15) is 13.2 Å². The smallest absolute Gasteiger partial charge is 0.243 e. The second-order valence-corrected chi connectivity index (χ2v) is 10.5. The first kappa shape index (κ1) is 24.0. The number of carbonyl (C=O) groups excluding carboxylic acids is 1. The zero-order chi connectivity index (χ0) is 23.5. The fraction of sp³-hybridized carbons (Fsp3) is 0.318. The molecule has 32 heavy (non-hydrogen) atoms. The van der Waals surface area contributed by atoms with Crippen LogP contribution in [0, 0.1) is 12.8 Å². The molecule has 0 saturated heterocycles. The first-order valence-electron chi connectivity index (χ1n) is 9.97. The van der Waals surface area contributed by atoms with Gasteiger partial charge in [0.1, 0.15) is 0 Å². The minimum atomic E-state index is -3.86. The van der Waals surface area contributed by atoms with Crippen molar-refractivity contribution in [1.29, 1.82) is 0 Å². The van der Waals surface area contributed by atoms with Crippen molar-refractivity contribution in [2.75, 3.05) is 18.6 Å². The SMILES string of the molecule is CSc1ccc(S(=O)(=O)N(C)Cc2nc(-c3ccccc3C)no2)cc1NC(=O)C(C)C. The molecule has 0 bridgehead atoms. The van der Waals surface area contributed by atoms with Gasteiger partial charge in [-0.3, -0.25) is 4.79 Å². The number of anilines is 1. The van der Waals surface area contributed by atoms with Crippen molar-refractivity contribution in [1.82, 2.24) is 14.4 Å². The Morgan fingerprint density at radius 3 is 2.59 bits per heavy atom. The molecule has 170 valence electrons. The number of aryl methyl sites for hydroxylation is 1. The molecule has 10 heteroatoms. The molecule has 1 amide bonds. The molecule has 0 fully saturated rings. The van der Waals surface area contributed by atoms with Crippen molar-refractivity contribution in [3.05, 3.63) is 53.9 Å². The Labute approximate surface area is 192 Å². The summed E-state index contributed by atoms with van der Waals surface area (Å²) < 4.78 is 32.7. The standard InChI is InChI=1S/C22H26N4O4S2/c1-14(2)22(27)23-18-12-16(10-11-19(18)31-5)32(28,29)26(4)13-20-24-21(25-30-20)17-9-7-6-8-15(17)3/h6-12,14H,13H2,1-5H3,(H,23,27). The van der Waals surface area contributed by atoms with E-state index in [-0.39, 0.29) is 29.2 Å². The van der Waals surface area contributed by atoms with Crippen LogP contribution in [-0.4, -0.2) is 42.1 Å². The maximum atomic E-state index is 13.2. The van der Waals surface area contributed by atoms with Gasteiger partial charge < -0.3 is 9.84 Å². The van der Waals surface area contributed by atoms with Crippen LogP contribution < -0.4 is 5.32 Å². The van der Waals surface area contributed by atoms with Gasteiger partial charge in [0.25, 0.3) is 0 Å². The Morgan fingerprint density at radius 2 is 1.94 bits per heavy atom. The molecule has 0 spiro atoms. The predicted molar refractivity (Wildman–Crippen MR) is 125 cm³/mol. The lowest BCUT2D eigenvalue weighted by molar-refractivity contribution is -0.118. The van der Waals surface area contributed by atoms with Crippen LogP contribution in [0.1, 0.15) is 25.3 Å². The number of thioether (sulfide) groups is 1. The highest BCUT2D eigenvalue weighted by Gasteiger charge is 2.25. The Kier molecular flexibility index (Phi) is 7.37. The minimum absolute atomic E-state index is 0.0653. The third-order valence-electron chi connectivity index (χ3n) is 4.87. The van der Waals surface area contributed by atoms with Gasteiger partial charge in [-0.1, -0.05) is 43.3 Å². The quantitative estimate of drug-likeness (QED) is 0.488. The second kappa shape index (κ2) is 9.85. The molecule has 0 radical (unpaired) electrons. The van der Waals surface area contributed by atoms with Crippen LogP contribution >= 0.6 is 11.8 Å². The van der Waals surface area contributed by atoms with Crippen LogP contribution in [0.4, 0.5) is 5.69 Å². The van der Waals surface area contributed by atoms with E-state index in [0.717, 1.165) is 20.3 Å². The third-order valence-corrected chi connectivity index (χ3v) is 7.47. The molecular weight excluding hydrogens is 448 g/mol. The number of benzene rings is 2. The first-order valence-corrected chi connectivity index (χ1v) is 12.6. The lowest BCUT2D eigenvalue weighted by atomic mass is 10.1. The molecule has 0 aliphatic carbocycles. The van der Waals surface area contributed by atoms with Crippen LogP contribution in [0.15, 0.2) is 56.8 Å². The molecule has 0 aliphatic heterocycles. The zero-order valence-electron chi connectivity index (χ0n) is 18.6. The van der Waals surface area contributed by atoms with Crippen LogP contribution in [0.5, 0.6) is 0 Å². The number of sulfonamides is 1. The van der Waals surface area contributed by atoms with Gasteiger partial charge in [-0.2, -0.15) is 9.29 Å². The summed E-state index contributed by atoms with van der Waals surface area (Å²) in [6.07, 6.45) is 1.86. The number of aromatic nitrogens is 2. The summed E-state index contributed by atoms with van der Waals surface area (Å²) in [4.78, 5) is 17.3. The van der Waals surface area contributed by atoms with Crippen molar-refractivity contribution < 1.29 is 17.7 Å². The fourth-order valence-corrected chi connectivity index (χ4v) is 4.61. The summed E-state index contributed by atoms with van der Waals surface area (Å²) in [5.74, 6) is 0.181. The lowest BCUT2D eigenvalue weighted by Gasteiger charge is -2.17. The van der Waals surface area contributed by atoms with Crippen molar-refractivity contribution in [2.24, 2.45) is 5.92 Å². The number of nitrogens with zero attached hydrogens (tertiary/aromatic N) is 3. The van der Waals surface area contributed by atoms with E-state index >= 15 is 0 Å². The maximum absolute atomic E-state index is 13.2. The van der Waals surface area contributed by atoms with E-state index in [2.05, 4.69) is 15.5 Å². The van der Waals surface area contributed by atoms with Crippen LogP contribution in [0.25, 0.3) is 11.4 Å². The maximum Gasteiger partial charge on any atom is 0.243 e. The molecule has 0 atom stereocenters. The number of nitrogens with one attached hydrogen (secondary N) is 1. The summed E-state index contributed by atoms with van der Waals surface area (Å²) in [6.45, 7) is 5.41. The lowest BCUT2D eigenvalue weighted by Crippen LogP contribution is -2.27. The molecule has 0 aliphatic rings. The van der Waals surface area contributed by atoms with E-state index in [1.165, 1.54) is 30.9 Å². The van der Waals surface area contributed by atoms with E-state index in [4.69, 9.17) is 4.52 Å². The first-order chi connectivity index (χ1) is 15.1. The highest BCUT2D eigenvalue weighted by molar-refractivity contribution is 7.98. The molecule has 1 aromatic heterocycles. The van der Waals surface area contributed by atoms with Gasteiger partial charge in [0, 0.05) is 23.4 Å². The number of amides is 1. The van der Waals surface area contributed by atoms with E-state index in [1.807, 2.05) is 37.4 Å². The molecule has 1 N–H and O–H groups in total. The third kappa shape index (κ3) is 5.20. The van der Waals surface area contributed by atoms with E-state index in [1.54, 1.807) is 19.9 Å². The zero-order valence-corrected chi connectivity index (χ0v) is 20.3. The van der Waals surface area contributed by atoms with E-state index < -0.39 is 10.0 Å². The largest absolute Gasteiger partial charge is 0.338 e. The number of hydrogen-bond acceptors (Lipinski definition) is 7. The van der Waals surface area contributed by atoms with Gasteiger partial charge in [-0.25, -0.2) is 8.42 Å². The highest BCUT2D eigenvalue weighted by Crippen LogP contribution is 2.30. The summed E-state index contributed by atoms with van der Waals surface area (Å²) >= 11 is 1.42. The van der Waals surface area contributed by atoms with Crippen LogP contribution in [-0.2, 0) is 21.4 Å². The Hall–Kier alpha value is -2.69. The highest BCUT2D eigenvalue weighted by atomic mass is 32.2. The molecular formula is C22H26N4O4S2. The Morgan fingerprint density at radius 1 is 1.22 bits per heavy atom.